The van der Waals surface area contributed by atoms with E-state index in [0.29, 0.717) is 4.88 Å². The minimum atomic E-state index is -0.193. The van der Waals surface area contributed by atoms with Crippen LogP contribution in [0.25, 0.3) is 10.9 Å². The smallest absolute Gasteiger partial charge is 0.281 e. The van der Waals surface area contributed by atoms with Crippen molar-refractivity contribution in [1.29, 1.82) is 0 Å². The van der Waals surface area contributed by atoms with Gasteiger partial charge in [-0.1, -0.05) is 30.3 Å². The number of thiophene rings is 1. The Bertz CT molecular complexity index is 831. The van der Waals surface area contributed by atoms with Crippen LogP contribution in [0.3, 0.4) is 0 Å². The Kier molecular flexibility index (Phi) is 4.16. The molecule has 3 aromatic rings. The number of carbonyl (C=O) groups excluding carboxylic acids is 1. The number of rotatable bonds is 5. The van der Waals surface area contributed by atoms with Crippen LogP contribution in [-0.4, -0.2) is 16.7 Å². The second-order valence-electron chi connectivity index (χ2n) is 4.72. The van der Waals surface area contributed by atoms with Crippen LogP contribution in [0, 0.1) is 0 Å². The van der Waals surface area contributed by atoms with Crippen molar-refractivity contribution in [2.45, 2.75) is 6.54 Å². The molecular formula is C17H15N3OS. The van der Waals surface area contributed by atoms with E-state index in [1.807, 2.05) is 41.9 Å². The maximum atomic E-state index is 11.8. The first-order valence-corrected chi connectivity index (χ1v) is 7.73. The number of hydrogen-bond donors (Lipinski definition) is 1. The first kappa shape index (κ1) is 14.3. The van der Waals surface area contributed by atoms with Gasteiger partial charge in [-0.05, 0) is 17.5 Å². The Morgan fingerprint density at radius 3 is 2.95 bits per heavy atom. The number of fused-ring (bicyclic) bond motifs is 1. The minimum Gasteiger partial charge on any atom is -0.343 e. The van der Waals surface area contributed by atoms with Crippen LogP contribution < -0.4 is 5.43 Å². The molecule has 0 aliphatic heterocycles. The summed E-state index contributed by atoms with van der Waals surface area (Å²) in [6.07, 6.45) is 5.53. The number of hydrazone groups is 1. The Morgan fingerprint density at radius 1 is 1.32 bits per heavy atom. The van der Waals surface area contributed by atoms with E-state index >= 15 is 0 Å². The number of carbonyl (C=O) groups is 1. The van der Waals surface area contributed by atoms with Crippen molar-refractivity contribution in [2.24, 2.45) is 5.10 Å². The fourth-order valence-electron chi connectivity index (χ4n) is 2.29. The van der Waals surface area contributed by atoms with Gasteiger partial charge in [0.1, 0.15) is 0 Å². The molecule has 5 heteroatoms. The van der Waals surface area contributed by atoms with Crippen LogP contribution in [0.15, 0.2) is 65.7 Å². The van der Waals surface area contributed by atoms with E-state index in [0.717, 1.165) is 23.0 Å². The molecule has 3 rings (SSSR count). The number of allylic oxidation sites excluding steroid dienone is 1. The standard InChI is InChI=1S/C17H15N3OS/c1-2-9-20-12-13(14-6-3-4-7-15(14)20)11-18-19-17(21)16-8-5-10-22-16/h2-8,10-12H,1,9H2,(H,19,21). The summed E-state index contributed by atoms with van der Waals surface area (Å²) in [5, 5.41) is 7.02. The van der Waals surface area contributed by atoms with Crippen LogP contribution >= 0.6 is 11.3 Å². The Balaban J connectivity index is 1.83. The molecule has 22 heavy (non-hydrogen) atoms. The third-order valence-corrected chi connectivity index (χ3v) is 4.13. The fraction of sp³-hybridized carbons (Fsp3) is 0.0588. The quantitative estimate of drug-likeness (QED) is 0.436. The molecule has 2 aromatic heterocycles. The highest BCUT2D eigenvalue weighted by Crippen LogP contribution is 2.20. The van der Waals surface area contributed by atoms with Crippen molar-refractivity contribution < 1.29 is 4.79 Å². The first-order chi connectivity index (χ1) is 10.8. The zero-order valence-corrected chi connectivity index (χ0v) is 12.7. The maximum absolute atomic E-state index is 11.8. The zero-order valence-electron chi connectivity index (χ0n) is 11.9. The number of benzene rings is 1. The maximum Gasteiger partial charge on any atom is 0.281 e. The highest BCUT2D eigenvalue weighted by molar-refractivity contribution is 7.12. The Hall–Kier alpha value is -2.66. The van der Waals surface area contributed by atoms with Crippen LogP contribution in [0.5, 0.6) is 0 Å². The van der Waals surface area contributed by atoms with Gasteiger partial charge in [0.05, 0.1) is 11.1 Å². The first-order valence-electron chi connectivity index (χ1n) is 6.85. The van der Waals surface area contributed by atoms with Crippen molar-refractivity contribution in [3.8, 4) is 0 Å². The largest absolute Gasteiger partial charge is 0.343 e. The summed E-state index contributed by atoms with van der Waals surface area (Å²) in [4.78, 5) is 12.5. The van der Waals surface area contributed by atoms with E-state index in [1.165, 1.54) is 11.3 Å². The Labute approximate surface area is 132 Å². The van der Waals surface area contributed by atoms with Gasteiger partial charge in [0.15, 0.2) is 0 Å². The van der Waals surface area contributed by atoms with Crippen LogP contribution in [-0.2, 0) is 6.54 Å². The molecule has 0 spiro atoms. The molecule has 0 bridgehead atoms. The molecule has 0 radical (unpaired) electrons. The molecule has 0 saturated heterocycles. The van der Waals surface area contributed by atoms with E-state index in [2.05, 4.69) is 27.7 Å². The summed E-state index contributed by atoms with van der Waals surface area (Å²) < 4.78 is 2.10. The molecule has 0 atom stereocenters. The van der Waals surface area contributed by atoms with E-state index in [4.69, 9.17) is 0 Å². The molecule has 0 fully saturated rings. The van der Waals surface area contributed by atoms with Gasteiger partial charge in [-0.15, -0.1) is 17.9 Å². The van der Waals surface area contributed by atoms with Crippen molar-refractivity contribution in [2.75, 3.05) is 0 Å². The summed E-state index contributed by atoms with van der Waals surface area (Å²) in [6.45, 7) is 4.51. The van der Waals surface area contributed by atoms with E-state index in [-0.39, 0.29) is 5.91 Å². The lowest BCUT2D eigenvalue weighted by molar-refractivity contribution is 0.0959. The average Bonchev–Trinajstić information content (AvgIpc) is 3.17. The summed E-state index contributed by atoms with van der Waals surface area (Å²) in [7, 11) is 0. The molecule has 0 unspecified atom stereocenters. The second kappa shape index (κ2) is 6.41. The normalized spacial score (nSPS) is 11.1. The zero-order chi connectivity index (χ0) is 15.4. The van der Waals surface area contributed by atoms with Gasteiger partial charge in [-0.25, -0.2) is 5.43 Å². The molecule has 0 aliphatic rings. The molecule has 1 N–H and O–H groups in total. The van der Waals surface area contributed by atoms with Crippen LogP contribution in [0.1, 0.15) is 15.2 Å². The van der Waals surface area contributed by atoms with Gasteiger partial charge in [0, 0.05) is 29.2 Å². The fourth-order valence-corrected chi connectivity index (χ4v) is 2.91. The lowest BCUT2D eigenvalue weighted by atomic mass is 10.2. The monoisotopic (exact) mass is 309 g/mol. The number of nitrogens with zero attached hydrogens (tertiary/aromatic N) is 2. The van der Waals surface area contributed by atoms with Crippen molar-refractivity contribution in [3.05, 3.63) is 71.1 Å². The van der Waals surface area contributed by atoms with E-state index in [1.54, 1.807) is 12.3 Å². The van der Waals surface area contributed by atoms with Crippen molar-refractivity contribution in [1.82, 2.24) is 9.99 Å². The van der Waals surface area contributed by atoms with Crippen molar-refractivity contribution in [3.63, 3.8) is 0 Å². The van der Waals surface area contributed by atoms with Crippen LogP contribution in [0.2, 0.25) is 0 Å². The molecule has 1 aromatic carbocycles. The SMILES string of the molecule is C=CCn1cc(C=NNC(=O)c2cccs2)c2ccccc21. The average molecular weight is 309 g/mol. The van der Waals surface area contributed by atoms with E-state index in [9.17, 15) is 4.79 Å². The molecule has 2 heterocycles. The highest BCUT2D eigenvalue weighted by Gasteiger charge is 2.06. The third-order valence-electron chi connectivity index (χ3n) is 3.26. The van der Waals surface area contributed by atoms with Gasteiger partial charge in [-0.2, -0.15) is 5.10 Å². The molecule has 0 aliphatic carbocycles. The number of aromatic nitrogens is 1. The Morgan fingerprint density at radius 2 is 2.18 bits per heavy atom. The molecular weight excluding hydrogens is 294 g/mol. The molecule has 4 nitrogen and oxygen atoms in total. The topological polar surface area (TPSA) is 46.4 Å². The van der Waals surface area contributed by atoms with Gasteiger partial charge in [-0.3, -0.25) is 4.79 Å². The lowest BCUT2D eigenvalue weighted by Gasteiger charge is -1.98. The number of para-hydroxylation sites is 1. The predicted molar refractivity (Wildman–Crippen MR) is 91.5 cm³/mol. The third kappa shape index (κ3) is 2.84. The van der Waals surface area contributed by atoms with Crippen LogP contribution in [0.4, 0.5) is 0 Å². The minimum absolute atomic E-state index is 0.193. The van der Waals surface area contributed by atoms with Gasteiger partial charge >= 0.3 is 0 Å². The van der Waals surface area contributed by atoms with Gasteiger partial charge in [0.25, 0.3) is 5.91 Å². The summed E-state index contributed by atoms with van der Waals surface area (Å²) in [6, 6.07) is 11.7. The van der Waals surface area contributed by atoms with Gasteiger partial charge in [0.2, 0.25) is 0 Å². The number of nitrogens with one attached hydrogen (secondary N) is 1. The second-order valence-corrected chi connectivity index (χ2v) is 5.67. The molecule has 110 valence electrons. The van der Waals surface area contributed by atoms with Crippen molar-refractivity contribution >= 4 is 34.4 Å². The number of hydrogen-bond acceptors (Lipinski definition) is 3. The molecule has 1 amide bonds. The van der Waals surface area contributed by atoms with Gasteiger partial charge < -0.3 is 4.57 Å². The summed E-state index contributed by atoms with van der Waals surface area (Å²) in [5.41, 5.74) is 4.63. The summed E-state index contributed by atoms with van der Waals surface area (Å²) in [5.74, 6) is -0.193. The highest BCUT2D eigenvalue weighted by atomic mass is 32.1. The summed E-state index contributed by atoms with van der Waals surface area (Å²) >= 11 is 1.39. The molecule has 0 saturated carbocycles. The van der Waals surface area contributed by atoms with E-state index < -0.39 is 0 Å². The lowest BCUT2D eigenvalue weighted by Crippen LogP contribution is -2.16. The number of amides is 1. The predicted octanol–water partition coefficient (Wildman–Crippen LogP) is 3.65.